The molecule has 0 bridgehead atoms. The smallest absolute Gasteiger partial charge is 0.258 e. The first-order valence-corrected chi connectivity index (χ1v) is 8.44. The first kappa shape index (κ1) is 18.0. The molecular formula is C22H18N2O3. The molecule has 0 unspecified atom stereocenters. The number of para-hydroxylation sites is 1. The van der Waals surface area contributed by atoms with Crippen LogP contribution in [-0.2, 0) is 11.3 Å². The standard InChI is InChI=1S/C22H18N2O3/c23-14-17-6-8-18(9-7-17)15-24-22(25)16-26-19-10-12-21(13-11-19)27-20-4-2-1-3-5-20/h1-13H,15-16H2,(H,24,25). The van der Waals surface area contributed by atoms with E-state index >= 15 is 0 Å². The van der Waals surface area contributed by atoms with Crippen LogP contribution in [0.1, 0.15) is 11.1 Å². The quantitative estimate of drug-likeness (QED) is 0.692. The number of hydrogen-bond donors (Lipinski definition) is 1. The lowest BCUT2D eigenvalue weighted by Crippen LogP contribution is -2.28. The predicted molar refractivity (Wildman–Crippen MR) is 101 cm³/mol. The van der Waals surface area contributed by atoms with Gasteiger partial charge in [0.1, 0.15) is 17.2 Å². The lowest BCUT2D eigenvalue weighted by molar-refractivity contribution is -0.123. The second-order valence-corrected chi connectivity index (χ2v) is 5.76. The number of nitriles is 1. The molecule has 5 nitrogen and oxygen atoms in total. The van der Waals surface area contributed by atoms with Gasteiger partial charge in [-0.1, -0.05) is 30.3 Å². The summed E-state index contributed by atoms with van der Waals surface area (Å²) in [5.41, 5.74) is 1.51. The number of amides is 1. The van der Waals surface area contributed by atoms with Crippen LogP contribution in [0.25, 0.3) is 0 Å². The Morgan fingerprint density at radius 3 is 2.15 bits per heavy atom. The number of hydrogen-bond acceptors (Lipinski definition) is 4. The van der Waals surface area contributed by atoms with Gasteiger partial charge in [-0.15, -0.1) is 0 Å². The molecule has 0 aromatic heterocycles. The van der Waals surface area contributed by atoms with E-state index in [2.05, 4.69) is 11.4 Å². The molecule has 0 heterocycles. The summed E-state index contributed by atoms with van der Waals surface area (Å²) in [5, 5.41) is 11.6. The number of benzene rings is 3. The van der Waals surface area contributed by atoms with Gasteiger partial charge in [-0.3, -0.25) is 4.79 Å². The van der Waals surface area contributed by atoms with Crippen LogP contribution in [0.5, 0.6) is 17.2 Å². The molecular weight excluding hydrogens is 340 g/mol. The summed E-state index contributed by atoms with van der Waals surface area (Å²) in [6, 6.07) is 25.7. The van der Waals surface area contributed by atoms with Gasteiger partial charge >= 0.3 is 0 Å². The van der Waals surface area contributed by atoms with E-state index in [1.807, 2.05) is 42.5 Å². The molecule has 0 saturated carbocycles. The van der Waals surface area contributed by atoms with Crippen LogP contribution in [-0.4, -0.2) is 12.5 Å². The molecule has 1 amide bonds. The van der Waals surface area contributed by atoms with Crippen molar-refractivity contribution in [1.29, 1.82) is 5.26 Å². The van der Waals surface area contributed by atoms with Crippen LogP contribution in [0, 0.1) is 11.3 Å². The van der Waals surface area contributed by atoms with Gasteiger partial charge in [0.15, 0.2) is 6.61 Å². The average Bonchev–Trinajstić information content (AvgIpc) is 2.73. The maximum Gasteiger partial charge on any atom is 0.258 e. The van der Waals surface area contributed by atoms with E-state index in [9.17, 15) is 4.79 Å². The van der Waals surface area contributed by atoms with Crippen molar-refractivity contribution in [3.05, 3.63) is 90.0 Å². The maximum absolute atomic E-state index is 11.9. The highest BCUT2D eigenvalue weighted by molar-refractivity contribution is 5.77. The van der Waals surface area contributed by atoms with Crippen molar-refractivity contribution in [1.82, 2.24) is 5.32 Å². The summed E-state index contributed by atoms with van der Waals surface area (Å²) in [7, 11) is 0. The lowest BCUT2D eigenvalue weighted by atomic mass is 10.1. The van der Waals surface area contributed by atoms with Crippen LogP contribution in [0.15, 0.2) is 78.9 Å². The molecule has 0 radical (unpaired) electrons. The van der Waals surface area contributed by atoms with Crippen LogP contribution in [0.4, 0.5) is 0 Å². The SMILES string of the molecule is N#Cc1ccc(CNC(=O)COc2ccc(Oc3ccccc3)cc2)cc1. The van der Waals surface area contributed by atoms with E-state index in [0.717, 1.165) is 11.3 Å². The Hall–Kier alpha value is -3.78. The Labute approximate surface area is 157 Å². The number of carbonyl (C=O) groups is 1. The van der Waals surface area contributed by atoms with Gasteiger partial charge in [0.2, 0.25) is 0 Å². The van der Waals surface area contributed by atoms with Gasteiger partial charge in [-0.25, -0.2) is 0 Å². The number of rotatable bonds is 7. The molecule has 0 aliphatic heterocycles. The molecule has 3 aromatic carbocycles. The van der Waals surface area contributed by atoms with Gasteiger partial charge in [0.05, 0.1) is 11.6 Å². The fraction of sp³-hybridized carbons (Fsp3) is 0.0909. The van der Waals surface area contributed by atoms with Gasteiger partial charge in [0, 0.05) is 6.54 Å². The second kappa shape index (κ2) is 9.07. The minimum atomic E-state index is -0.219. The fourth-order valence-corrected chi connectivity index (χ4v) is 2.33. The van der Waals surface area contributed by atoms with Gasteiger partial charge < -0.3 is 14.8 Å². The Bertz CT molecular complexity index is 915. The van der Waals surface area contributed by atoms with E-state index in [4.69, 9.17) is 14.7 Å². The molecule has 0 fully saturated rings. The molecule has 27 heavy (non-hydrogen) atoms. The predicted octanol–water partition coefficient (Wildman–Crippen LogP) is 4.05. The zero-order chi connectivity index (χ0) is 18.9. The van der Waals surface area contributed by atoms with Crippen molar-refractivity contribution >= 4 is 5.91 Å². The summed E-state index contributed by atoms with van der Waals surface area (Å²) in [6.07, 6.45) is 0. The molecule has 0 atom stereocenters. The fourth-order valence-electron chi connectivity index (χ4n) is 2.33. The second-order valence-electron chi connectivity index (χ2n) is 5.76. The first-order chi connectivity index (χ1) is 13.2. The molecule has 3 aromatic rings. The van der Waals surface area contributed by atoms with Gasteiger partial charge in [-0.05, 0) is 54.1 Å². The summed E-state index contributed by atoms with van der Waals surface area (Å²) < 4.78 is 11.2. The van der Waals surface area contributed by atoms with Crippen LogP contribution >= 0.6 is 0 Å². The molecule has 3 rings (SSSR count). The van der Waals surface area contributed by atoms with Crippen molar-refractivity contribution in [2.75, 3.05) is 6.61 Å². The van der Waals surface area contributed by atoms with Crippen molar-refractivity contribution in [2.24, 2.45) is 0 Å². The maximum atomic E-state index is 11.9. The van der Waals surface area contributed by atoms with E-state index in [1.54, 1.807) is 36.4 Å². The Morgan fingerprint density at radius 1 is 0.852 bits per heavy atom. The number of ether oxygens (including phenoxy) is 2. The largest absolute Gasteiger partial charge is 0.484 e. The Morgan fingerprint density at radius 2 is 1.48 bits per heavy atom. The number of carbonyl (C=O) groups excluding carboxylic acids is 1. The summed E-state index contributed by atoms with van der Waals surface area (Å²) in [6.45, 7) is 0.312. The monoisotopic (exact) mass is 358 g/mol. The van der Waals surface area contributed by atoms with Crippen LogP contribution in [0.2, 0.25) is 0 Å². The minimum Gasteiger partial charge on any atom is -0.484 e. The van der Waals surface area contributed by atoms with Crippen molar-refractivity contribution in [3.8, 4) is 23.3 Å². The number of nitrogens with zero attached hydrogens (tertiary/aromatic N) is 1. The van der Waals surface area contributed by atoms with E-state index < -0.39 is 0 Å². The summed E-state index contributed by atoms with van der Waals surface area (Å²) >= 11 is 0. The van der Waals surface area contributed by atoms with Crippen LogP contribution in [0.3, 0.4) is 0 Å². The normalized spacial score (nSPS) is 9.89. The molecule has 134 valence electrons. The first-order valence-electron chi connectivity index (χ1n) is 8.44. The van der Waals surface area contributed by atoms with E-state index in [-0.39, 0.29) is 12.5 Å². The highest BCUT2D eigenvalue weighted by Crippen LogP contribution is 2.23. The Kier molecular flexibility index (Phi) is 6.05. The van der Waals surface area contributed by atoms with Gasteiger partial charge in [0.25, 0.3) is 5.91 Å². The van der Waals surface area contributed by atoms with Gasteiger partial charge in [-0.2, -0.15) is 5.26 Å². The zero-order valence-corrected chi connectivity index (χ0v) is 14.6. The van der Waals surface area contributed by atoms with E-state index in [0.29, 0.717) is 23.6 Å². The summed E-state index contributed by atoms with van der Waals surface area (Å²) in [5.74, 6) is 1.82. The minimum absolute atomic E-state index is 0.0742. The van der Waals surface area contributed by atoms with E-state index in [1.165, 1.54) is 0 Å². The molecule has 0 aliphatic rings. The summed E-state index contributed by atoms with van der Waals surface area (Å²) in [4.78, 5) is 11.9. The van der Waals surface area contributed by atoms with Crippen molar-refractivity contribution in [3.63, 3.8) is 0 Å². The highest BCUT2D eigenvalue weighted by atomic mass is 16.5. The molecule has 0 saturated heterocycles. The van der Waals surface area contributed by atoms with Crippen molar-refractivity contribution in [2.45, 2.75) is 6.54 Å². The third kappa shape index (κ3) is 5.62. The third-order valence-corrected chi connectivity index (χ3v) is 3.75. The van der Waals surface area contributed by atoms with Crippen LogP contribution < -0.4 is 14.8 Å². The average molecular weight is 358 g/mol. The molecule has 0 aliphatic carbocycles. The zero-order valence-electron chi connectivity index (χ0n) is 14.6. The molecule has 5 heteroatoms. The highest BCUT2D eigenvalue weighted by Gasteiger charge is 2.04. The lowest BCUT2D eigenvalue weighted by Gasteiger charge is -2.09. The van der Waals surface area contributed by atoms with Crippen molar-refractivity contribution < 1.29 is 14.3 Å². The Balaban J connectivity index is 1.43. The topological polar surface area (TPSA) is 71.4 Å². The molecule has 1 N–H and O–H groups in total. The molecule has 0 spiro atoms. The number of nitrogens with one attached hydrogen (secondary N) is 1. The third-order valence-electron chi connectivity index (χ3n) is 3.75.